The molecular weight excluding hydrogens is 320 g/mol. The van der Waals surface area contributed by atoms with Crippen LogP contribution in [-0.2, 0) is 11.3 Å². The van der Waals surface area contributed by atoms with Gasteiger partial charge in [-0.2, -0.15) is 0 Å². The lowest BCUT2D eigenvalue weighted by molar-refractivity contribution is -0.00546. The van der Waals surface area contributed by atoms with Crippen LogP contribution < -0.4 is 15.8 Å². The van der Waals surface area contributed by atoms with E-state index in [0.717, 1.165) is 24.5 Å². The lowest BCUT2D eigenvalue weighted by atomic mass is 10.2. The van der Waals surface area contributed by atoms with Crippen molar-refractivity contribution in [2.24, 2.45) is 0 Å². The van der Waals surface area contributed by atoms with Crippen molar-refractivity contribution in [3.8, 4) is 0 Å². The zero-order chi connectivity index (χ0) is 17.8. The zero-order valence-corrected chi connectivity index (χ0v) is 14.4. The Morgan fingerprint density at radius 2 is 2.04 bits per heavy atom. The van der Waals surface area contributed by atoms with Crippen LogP contribution in [0.2, 0.25) is 0 Å². The normalized spacial score (nSPS) is 20.3. The maximum absolute atomic E-state index is 12.0. The number of hydrogen-bond donors (Lipinski definition) is 2. The first-order valence-electron chi connectivity index (χ1n) is 8.33. The Labute approximate surface area is 146 Å². The summed E-state index contributed by atoms with van der Waals surface area (Å²) in [7, 11) is 0. The smallest absolute Gasteiger partial charge is 0.253 e. The topological polar surface area (TPSA) is 87.3 Å². The minimum atomic E-state index is -0.240. The number of amides is 1. The van der Waals surface area contributed by atoms with Crippen molar-refractivity contribution in [1.29, 1.82) is 0 Å². The molecule has 2 atom stereocenters. The Bertz CT molecular complexity index is 757. The highest BCUT2D eigenvalue weighted by Gasteiger charge is 2.22. The summed E-state index contributed by atoms with van der Waals surface area (Å²) in [6.07, 6.45) is 3.54. The molecule has 3 heterocycles. The maximum atomic E-state index is 12.0. The molecule has 1 aliphatic rings. The number of anilines is 1. The van der Waals surface area contributed by atoms with Gasteiger partial charge in [0, 0.05) is 38.1 Å². The standard InChI is InChI=1S/C18H22N4O3/c1-12-10-22(11-13(2)25-12)16-5-3-14(7-19-16)8-21-18(24)15-4-6-17(23)20-9-15/h3-7,9,12-13H,8,10-11H2,1-2H3,(H,20,23)(H,21,24)/t12-,13-/m0/s1. The lowest BCUT2D eigenvalue weighted by Crippen LogP contribution is -2.45. The van der Waals surface area contributed by atoms with E-state index in [2.05, 4.69) is 34.0 Å². The minimum Gasteiger partial charge on any atom is -0.372 e. The second kappa shape index (κ2) is 7.48. The van der Waals surface area contributed by atoms with Crippen molar-refractivity contribution >= 4 is 11.7 Å². The molecule has 1 amide bonds. The molecule has 2 N–H and O–H groups in total. The summed E-state index contributed by atoms with van der Waals surface area (Å²) in [5.74, 6) is 0.675. The van der Waals surface area contributed by atoms with Gasteiger partial charge in [-0.3, -0.25) is 9.59 Å². The maximum Gasteiger partial charge on any atom is 0.253 e. The van der Waals surface area contributed by atoms with E-state index >= 15 is 0 Å². The third kappa shape index (κ3) is 4.45. The van der Waals surface area contributed by atoms with Gasteiger partial charge in [0.2, 0.25) is 5.56 Å². The van der Waals surface area contributed by atoms with Crippen LogP contribution in [0.3, 0.4) is 0 Å². The quantitative estimate of drug-likeness (QED) is 0.875. The molecule has 0 saturated carbocycles. The molecule has 1 fully saturated rings. The molecule has 0 aromatic carbocycles. The molecule has 3 rings (SSSR count). The van der Waals surface area contributed by atoms with Gasteiger partial charge in [-0.15, -0.1) is 0 Å². The second-order valence-electron chi connectivity index (χ2n) is 6.31. The number of carbonyl (C=O) groups is 1. The van der Waals surface area contributed by atoms with Crippen LogP contribution >= 0.6 is 0 Å². The van der Waals surface area contributed by atoms with Gasteiger partial charge < -0.3 is 19.9 Å². The number of hydrogen-bond acceptors (Lipinski definition) is 5. The van der Waals surface area contributed by atoms with Crippen LogP contribution in [0.4, 0.5) is 5.82 Å². The number of ether oxygens (including phenoxy) is 1. The van der Waals surface area contributed by atoms with Crippen LogP contribution in [0, 0.1) is 0 Å². The molecule has 0 unspecified atom stereocenters. The fraction of sp³-hybridized carbons (Fsp3) is 0.389. The number of aromatic nitrogens is 2. The molecule has 7 heteroatoms. The predicted octanol–water partition coefficient (Wildman–Crippen LogP) is 1.31. The largest absolute Gasteiger partial charge is 0.372 e. The van der Waals surface area contributed by atoms with Crippen LogP contribution in [0.5, 0.6) is 0 Å². The highest BCUT2D eigenvalue weighted by Crippen LogP contribution is 2.18. The third-order valence-electron chi connectivity index (χ3n) is 4.05. The Morgan fingerprint density at radius 1 is 1.28 bits per heavy atom. The molecule has 7 nitrogen and oxygen atoms in total. The number of carbonyl (C=O) groups excluding carboxylic acids is 1. The van der Waals surface area contributed by atoms with Gasteiger partial charge >= 0.3 is 0 Å². The van der Waals surface area contributed by atoms with Gasteiger partial charge in [0.1, 0.15) is 5.82 Å². The number of morpholine rings is 1. The lowest BCUT2D eigenvalue weighted by Gasteiger charge is -2.36. The molecular formula is C18H22N4O3. The van der Waals surface area contributed by atoms with Crippen molar-refractivity contribution in [2.75, 3.05) is 18.0 Å². The van der Waals surface area contributed by atoms with Gasteiger partial charge in [0.15, 0.2) is 0 Å². The fourth-order valence-corrected chi connectivity index (χ4v) is 2.91. The number of nitrogens with zero attached hydrogens (tertiary/aromatic N) is 2. The summed E-state index contributed by atoms with van der Waals surface area (Å²) in [5.41, 5.74) is 1.10. The van der Waals surface area contributed by atoms with Crippen LogP contribution in [0.1, 0.15) is 29.8 Å². The van der Waals surface area contributed by atoms with Crippen LogP contribution in [0.25, 0.3) is 0 Å². The Balaban J connectivity index is 1.58. The molecule has 0 spiro atoms. The summed E-state index contributed by atoms with van der Waals surface area (Å²) in [4.78, 5) is 32.3. The average Bonchev–Trinajstić information content (AvgIpc) is 2.60. The van der Waals surface area contributed by atoms with E-state index in [-0.39, 0.29) is 23.7 Å². The Kier molecular flexibility index (Phi) is 5.14. The molecule has 2 aromatic heterocycles. The molecule has 25 heavy (non-hydrogen) atoms. The van der Waals surface area contributed by atoms with Crippen LogP contribution in [0.15, 0.2) is 41.5 Å². The predicted molar refractivity (Wildman–Crippen MR) is 94.7 cm³/mol. The van der Waals surface area contributed by atoms with E-state index in [1.165, 1.54) is 18.3 Å². The van der Waals surface area contributed by atoms with Crippen molar-refractivity contribution in [1.82, 2.24) is 15.3 Å². The molecule has 0 bridgehead atoms. The number of rotatable bonds is 4. The van der Waals surface area contributed by atoms with Gasteiger partial charge in [0.05, 0.1) is 17.8 Å². The first-order valence-corrected chi connectivity index (χ1v) is 8.33. The first-order chi connectivity index (χ1) is 12.0. The van der Waals surface area contributed by atoms with E-state index in [4.69, 9.17) is 4.74 Å². The number of aromatic amines is 1. The monoisotopic (exact) mass is 342 g/mol. The molecule has 132 valence electrons. The number of H-pyrrole nitrogens is 1. The summed E-state index contributed by atoms with van der Waals surface area (Å²) >= 11 is 0. The Morgan fingerprint density at radius 3 is 2.64 bits per heavy atom. The van der Waals surface area contributed by atoms with E-state index in [1.54, 1.807) is 6.20 Å². The van der Waals surface area contributed by atoms with Crippen molar-refractivity contribution in [3.63, 3.8) is 0 Å². The van der Waals surface area contributed by atoms with Gasteiger partial charge in [-0.25, -0.2) is 4.98 Å². The summed E-state index contributed by atoms with van der Waals surface area (Å²) in [6, 6.07) is 6.75. The summed E-state index contributed by atoms with van der Waals surface area (Å²) in [6.45, 7) is 6.13. The molecule has 1 aliphatic heterocycles. The van der Waals surface area contributed by atoms with E-state index in [9.17, 15) is 9.59 Å². The van der Waals surface area contributed by atoms with E-state index in [1.807, 2.05) is 12.1 Å². The van der Waals surface area contributed by atoms with Gasteiger partial charge in [-0.05, 0) is 31.5 Å². The summed E-state index contributed by atoms with van der Waals surface area (Å²) < 4.78 is 5.74. The zero-order valence-electron chi connectivity index (χ0n) is 14.4. The van der Waals surface area contributed by atoms with Crippen molar-refractivity contribution in [2.45, 2.75) is 32.6 Å². The fourth-order valence-electron chi connectivity index (χ4n) is 2.91. The van der Waals surface area contributed by atoms with Gasteiger partial charge in [0.25, 0.3) is 5.91 Å². The third-order valence-corrected chi connectivity index (χ3v) is 4.05. The average molecular weight is 342 g/mol. The van der Waals surface area contributed by atoms with Crippen molar-refractivity contribution < 1.29 is 9.53 Å². The number of nitrogens with one attached hydrogen (secondary N) is 2. The highest BCUT2D eigenvalue weighted by molar-refractivity contribution is 5.93. The molecule has 1 saturated heterocycles. The molecule has 2 aromatic rings. The van der Waals surface area contributed by atoms with Crippen molar-refractivity contribution in [3.05, 3.63) is 58.1 Å². The molecule has 0 aliphatic carbocycles. The van der Waals surface area contributed by atoms with E-state index in [0.29, 0.717) is 12.1 Å². The SMILES string of the molecule is C[C@H]1CN(c2ccc(CNC(=O)c3ccc(=O)[nH]c3)cn2)C[C@H](C)O1. The highest BCUT2D eigenvalue weighted by atomic mass is 16.5. The number of pyridine rings is 2. The summed E-state index contributed by atoms with van der Waals surface area (Å²) in [5, 5.41) is 2.81. The van der Waals surface area contributed by atoms with Crippen LogP contribution in [-0.4, -0.2) is 41.2 Å². The minimum absolute atomic E-state index is 0.182. The second-order valence-corrected chi connectivity index (χ2v) is 6.31. The molecule has 0 radical (unpaired) electrons. The first kappa shape index (κ1) is 17.2. The van der Waals surface area contributed by atoms with E-state index < -0.39 is 0 Å². The Hall–Kier alpha value is -2.67. The van der Waals surface area contributed by atoms with Gasteiger partial charge in [-0.1, -0.05) is 6.07 Å².